The van der Waals surface area contributed by atoms with Crippen molar-refractivity contribution >= 4 is 95.6 Å². The fraction of sp³-hybridized carbons (Fsp3) is 1.00. The van der Waals surface area contributed by atoms with E-state index in [0.717, 1.165) is 0 Å². The van der Waals surface area contributed by atoms with Crippen LogP contribution in [-0.4, -0.2) is 29.0 Å². The quantitative estimate of drug-likeness (QED) is 0.252. The third-order valence-electron chi connectivity index (χ3n) is 3.33. The molecule has 0 heterocycles. The maximum atomic E-state index is 3.82. The van der Waals surface area contributed by atoms with Crippen LogP contribution < -0.4 is 0 Å². The molecule has 0 saturated heterocycles. The Balaban J connectivity index is 2.61. The van der Waals surface area contributed by atoms with E-state index in [1.807, 2.05) is 0 Å². The number of rotatable bonds is 0. The summed E-state index contributed by atoms with van der Waals surface area (Å²) in [6.07, 6.45) is 7.24. The van der Waals surface area contributed by atoms with Crippen molar-refractivity contribution in [3.8, 4) is 0 Å². The molecular formula is C12H18Br6. The molecule has 1 aliphatic rings. The summed E-state index contributed by atoms with van der Waals surface area (Å²) in [6, 6.07) is 0. The molecule has 0 aromatic heterocycles. The first-order valence-electron chi connectivity index (χ1n) is 6.26. The fourth-order valence-electron chi connectivity index (χ4n) is 2.04. The Morgan fingerprint density at radius 2 is 0.444 bits per heavy atom. The molecule has 0 spiro atoms. The number of alkyl halides is 6. The first-order chi connectivity index (χ1) is 8.41. The van der Waals surface area contributed by atoms with Gasteiger partial charge in [-0.05, 0) is 38.5 Å². The Kier molecular flexibility index (Phi) is 10.3. The zero-order chi connectivity index (χ0) is 13.7. The monoisotopic (exact) mass is 636 g/mol. The molecule has 18 heavy (non-hydrogen) atoms. The fourth-order valence-corrected chi connectivity index (χ4v) is 5.21. The first kappa shape index (κ1) is 18.9. The van der Waals surface area contributed by atoms with E-state index < -0.39 is 0 Å². The zero-order valence-electron chi connectivity index (χ0n) is 9.97. The molecule has 1 aliphatic carbocycles. The molecule has 0 nitrogen and oxygen atoms in total. The van der Waals surface area contributed by atoms with Crippen LogP contribution in [0.2, 0.25) is 0 Å². The maximum absolute atomic E-state index is 3.82. The topological polar surface area (TPSA) is 0 Å². The predicted molar refractivity (Wildman–Crippen MR) is 104 cm³/mol. The second-order valence-electron chi connectivity index (χ2n) is 4.83. The molecule has 0 aromatic carbocycles. The Morgan fingerprint density at radius 1 is 0.333 bits per heavy atom. The normalized spacial score (nSPS) is 45.0. The molecule has 1 fully saturated rings. The summed E-state index contributed by atoms with van der Waals surface area (Å²) in [6.45, 7) is 0. The van der Waals surface area contributed by atoms with Crippen molar-refractivity contribution in [3.05, 3.63) is 0 Å². The second-order valence-corrected chi connectivity index (χ2v) is 11.9. The summed E-state index contributed by atoms with van der Waals surface area (Å²) in [5, 5.41) is 0. The number of hydrogen-bond acceptors (Lipinski definition) is 0. The molecule has 0 aromatic rings. The Morgan fingerprint density at radius 3 is 0.556 bits per heavy atom. The zero-order valence-corrected chi connectivity index (χ0v) is 19.5. The molecule has 6 heteroatoms. The minimum Gasteiger partial charge on any atom is -0.0879 e. The van der Waals surface area contributed by atoms with Gasteiger partial charge in [-0.3, -0.25) is 0 Å². The lowest BCUT2D eigenvalue weighted by atomic mass is 10.0. The average Bonchev–Trinajstić information content (AvgIpc) is 2.36. The first-order valence-corrected chi connectivity index (χ1v) is 11.8. The van der Waals surface area contributed by atoms with Crippen molar-refractivity contribution in [1.82, 2.24) is 0 Å². The van der Waals surface area contributed by atoms with Crippen LogP contribution in [0, 0.1) is 0 Å². The Bertz CT molecular complexity index is 175. The molecule has 0 radical (unpaired) electrons. The highest BCUT2D eigenvalue weighted by Crippen LogP contribution is 2.34. The molecule has 0 bridgehead atoms. The van der Waals surface area contributed by atoms with Gasteiger partial charge in [0.1, 0.15) is 0 Å². The summed E-state index contributed by atoms with van der Waals surface area (Å²) in [7, 11) is 0. The van der Waals surface area contributed by atoms with Crippen LogP contribution in [-0.2, 0) is 0 Å². The minimum absolute atomic E-state index is 0.560. The molecule has 1 unspecified atom stereocenters. The summed E-state index contributed by atoms with van der Waals surface area (Å²) >= 11 is 22.9. The maximum Gasteiger partial charge on any atom is 0.0271 e. The molecular weight excluding hydrogens is 624 g/mol. The Labute approximate surface area is 161 Å². The third kappa shape index (κ3) is 6.76. The van der Waals surface area contributed by atoms with E-state index >= 15 is 0 Å². The van der Waals surface area contributed by atoms with Crippen LogP contribution in [0.15, 0.2) is 0 Å². The van der Waals surface area contributed by atoms with E-state index in [1.54, 1.807) is 0 Å². The van der Waals surface area contributed by atoms with Gasteiger partial charge in [0, 0.05) is 29.0 Å². The summed E-state index contributed by atoms with van der Waals surface area (Å²) < 4.78 is 0. The number of hydrogen-bond donors (Lipinski definition) is 0. The van der Waals surface area contributed by atoms with E-state index in [-0.39, 0.29) is 0 Å². The van der Waals surface area contributed by atoms with Crippen LogP contribution in [0.4, 0.5) is 0 Å². The Hall–Kier alpha value is 2.88. The van der Waals surface area contributed by atoms with Gasteiger partial charge in [-0.15, -0.1) is 0 Å². The molecule has 6 atom stereocenters. The highest BCUT2D eigenvalue weighted by Gasteiger charge is 2.25. The van der Waals surface area contributed by atoms with Gasteiger partial charge < -0.3 is 0 Å². The third-order valence-corrected chi connectivity index (χ3v) is 12.0. The summed E-state index contributed by atoms with van der Waals surface area (Å²) in [5.41, 5.74) is 0. The SMILES string of the molecule is BrC1CC[C@H](Br)[C@H](Br)CC[C@H](Br)[C@H](Br)CC[C@@H]1Br. The van der Waals surface area contributed by atoms with Gasteiger partial charge in [0.05, 0.1) is 0 Å². The van der Waals surface area contributed by atoms with Crippen LogP contribution in [0.5, 0.6) is 0 Å². The van der Waals surface area contributed by atoms with Crippen LogP contribution in [0.1, 0.15) is 38.5 Å². The molecule has 0 amide bonds. The van der Waals surface area contributed by atoms with Crippen molar-refractivity contribution in [3.63, 3.8) is 0 Å². The van der Waals surface area contributed by atoms with Gasteiger partial charge in [0.25, 0.3) is 0 Å². The highest BCUT2D eigenvalue weighted by atomic mass is 79.9. The van der Waals surface area contributed by atoms with Crippen LogP contribution >= 0.6 is 95.6 Å². The molecule has 1 rings (SSSR count). The van der Waals surface area contributed by atoms with Gasteiger partial charge in [-0.2, -0.15) is 0 Å². The largest absolute Gasteiger partial charge is 0.0879 e. The van der Waals surface area contributed by atoms with Crippen molar-refractivity contribution in [1.29, 1.82) is 0 Å². The van der Waals surface area contributed by atoms with Gasteiger partial charge in [-0.25, -0.2) is 0 Å². The van der Waals surface area contributed by atoms with Crippen molar-refractivity contribution in [2.75, 3.05) is 0 Å². The van der Waals surface area contributed by atoms with Crippen LogP contribution in [0.3, 0.4) is 0 Å². The standard InChI is InChI=1S/C12H18Br6/c13-7-1-2-8(14)10(16)5-6-12(18)11(17)4-3-9(7)15/h7-12H,1-6H2/t7-,8+,9+,10-,11-,12?/m0/s1. The second kappa shape index (κ2) is 9.81. The molecule has 1 saturated carbocycles. The lowest BCUT2D eigenvalue weighted by Gasteiger charge is -2.25. The van der Waals surface area contributed by atoms with E-state index in [0.29, 0.717) is 29.0 Å². The average molecular weight is 642 g/mol. The lowest BCUT2D eigenvalue weighted by molar-refractivity contribution is 0.557. The van der Waals surface area contributed by atoms with Gasteiger partial charge in [-0.1, -0.05) is 95.6 Å². The molecule has 0 N–H and O–H groups in total. The van der Waals surface area contributed by atoms with Crippen molar-refractivity contribution in [2.24, 2.45) is 0 Å². The number of halogens is 6. The van der Waals surface area contributed by atoms with Crippen LogP contribution in [0.25, 0.3) is 0 Å². The van der Waals surface area contributed by atoms with E-state index in [1.165, 1.54) is 38.5 Å². The van der Waals surface area contributed by atoms with Gasteiger partial charge in [0.2, 0.25) is 0 Å². The smallest absolute Gasteiger partial charge is 0.0271 e. The van der Waals surface area contributed by atoms with E-state index in [4.69, 9.17) is 0 Å². The van der Waals surface area contributed by atoms with Gasteiger partial charge in [0.15, 0.2) is 0 Å². The minimum atomic E-state index is 0.560. The highest BCUT2D eigenvalue weighted by molar-refractivity contribution is 9.13. The van der Waals surface area contributed by atoms with Crippen molar-refractivity contribution < 1.29 is 0 Å². The predicted octanol–water partition coefficient (Wildman–Crippen LogP) is 6.92. The summed E-state index contributed by atoms with van der Waals surface area (Å²) in [4.78, 5) is 3.36. The van der Waals surface area contributed by atoms with E-state index in [2.05, 4.69) is 95.6 Å². The molecule has 0 aliphatic heterocycles. The lowest BCUT2D eigenvalue weighted by Crippen LogP contribution is -2.25. The van der Waals surface area contributed by atoms with Gasteiger partial charge >= 0.3 is 0 Å². The van der Waals surface area contributed by atoms with E-state index in [9.17, 15) is 0 Å². The molecule has 108 valence electrons. The summed E-state index contributed by atoms with van der Waals surface area (Å²) in [5.74, 6) is 0. The van der Waals surface area contributed by atoms with Crippen molar-refractivity contribution in [2.45, 2.75) is 67.5 Å².